The second kappa shape index (κ2) is 9.14. The minimum atomic E-state index is 0.721. The van der Waals surface area contributed by atoms with Crippen molar-refractivity contribution in [2.75, 3.05) is 17.3 Å². The molecule has 0 nitrogen and oxygen atoms in total. The molecule has 0 spiro atoms. The van der Waals surface area contributed by atoms with E-state index in [9.17, 15) is 0 Å². The maximum atomic E-state index is 4.32. The molecule has 0 aromatic carbocycles. The number of thioether (sulfide) groups is 2. The first kappa shape index (κ1) is 12.0. The van der Waals surface area contributed by atoms with Crippen molar-refractivity contribution in [2.24, 2.45) is 0 Å². The average molecular weight is 210 g/mol. The Kier molecular flexibility index (Phi) is 10.0. The lowest BCUT2D eigenvalue weighted by Crippen LogP contribution is -2.00. The predicted octanol–water partition coefficient (Wildman–Crippen LogP) is 3.53. The fourth-order valence-corrected chi connectivity index (χ4v) is 3.45. The van der Waals surface area contributed by atoms with Gasteiger partial charge in [0.25, 0.3) is 0 Å². The van der Waals surface area contributed by atoms with E-state index in [-0.39, 0.29) is 0 Å². The first-order valence-corrected chi connectivity index (χ1v) is 6.92. The molecule has 0 aliphatic carbocycles. The highest BCUT2D eigenvalue weighted by atomic mass is 32.2. The largest absolute Gasteiger partial charge is 0.177 e. The summed E-state index contributed by atoms with van der Waals surface area (Å²) in [6.07, 6.45) is 2.56. The molecule has 3 heteroatoms. The van der Waals surface area contributed by atoms with Crippen molar-refractivity contribution in [3.05, 3.63) is 0 Å². The van der Waals surface area contributed by atoms with Crippen molar-refractivity contribution in [2.45, 2.75) is 31.3 Å². The van der Waals surface area contributed by atoms with Crippen molar-refractivity contribution in [1.29, 1.82) is 0 Å². The van der Waals surface area contributed by atoms with Crippen LogP contribution in [0.15, 0.2) is 0 Å². The van der Waals surface area contributed by atoms with Crippen LogP contribution in [0.4, 0.5) is 0 Å². The van der Waals surface area contributed by atoms with Crippen molar-refractivity contribution in [3.8, 4) is 0 Å². The Labute approximate surface area is 84.7 Å². The van der Waals surface area contributed by atoms with Gasteiger partial charge in [0, 0.05) is 5.75 Å². The molecule has 0 aliphatic heterocycles. The molecule has 0 radical (unpaired) electrons. The van der Waals surface area contributed by atoms with Gasteiger partial charge in [-0.25, -0.2) is 0 Å². The summed E-state index contributed by atoms with van der Waals surface area (Å²) in [4.78, 5) is 0. The van der Waals surface area contributed by atoms with Crippen LogP contribution in [0.1, 0.15) is 26.7 Å². The van der Waals surface area contributed by atoms with Gasteiger partial charge in [0.2, 0.25) is 0 Å². The monoisotopic (exact) mass is 210 g/mol. The normalized spacial score (nSPS) is 10.9. The Bertz CT molecular complexity index is 67.7. The molecule has 0 bridgehead atoms. The van der Waals surface area contributed by atoms with Gasteiger partial charge < -0.3 is 0 Å². The Morgan fingerprint density at radius 1 is 1.09 bits per heavy atom. The summed E-state index contributed by atoms with van der Waals surface area (Å²) in [7, 11) is 0. The maximum Gasteiger partial charge on any atom is 0.0590 e. The minimum Gasteiger partial charge on any atom is -0.177 e. The predicted molar refractivity (Wildman–Crippen MR) is 63.1 cm³/mol. The maximum absolute atomic E-state index is 4.32. The molecule has 0 aromatic rings. The second-order valence-electron chi connectivity index (χ2n) is 2.35. The van der Waals surface area contributed by atoms with E-state index in [1.807, 2.05) is 23.5 Å². The molecular formula is C8H18S3. The zero-order chi connectivity index (χ0) is 8.53. The molecule has 0 aromatic heterocycles. The summed E-state index contributed by atoms with van der Waals surface area (Å²) in [6.45, 7) is 4.46. The van der Waals surface area contributed by atoms with Gasteiger partial charge in [-0.3, -0.25) is 0 Å². The van der Waals surface area contributed by atoms with Crippen LogP contribution >= 0.6 is 36.2 Å². The SMILES string of the molecule is CCCSC(CS)SCCC. The van der Waals surface area contributed by atoms with E-state index in [1.54, 1.807) is 0 Å². The highest BCUT2D eigenvalue weighted by Crippen LogP contribution is 2.25. The van der Waals surface area contributed by atoms with Crippen LogP contribution in [0, 0.1) is 0 Å². The van der Waals surface area contributed by atoms with E-state index in [0.29, 0.717) is 0 Å². The lowest BCUT2D eigenvalue weighted by molar-refractivity contribution is 1.10. The molecule has 0 unspecified atom stereocenters. The number of hydrogen-bond donors (Lipinski definition) is 1. The van der Waals surface area contributed by atoms with Gasteiger partial charge >= 0.3 is 0 Å². The molecule has 0 aliphatic rings. The summed E-state index contributed by atoms with van der Waals surface area (Å²) in [5, 5.41) is 0. The van der Waals surface area contributed by atoms with Gasteiger partial charge in [-0.15, -0.1) is 23.5 Å². The van der Waals surface area contributed by atoms with Crippen LogP contribution in [0.25, 0.3) is 0 Å². The van der Waals surface area contributed by atoms with E-state index < -0.39 is 0 Å². The molecule has 0 amide bonds. The zero-order valence-corrected chi connectivity index (χ0v) is 9.90. The van der Waals surface area contributed by atoms with E-state index in [1.165, 1.54) is 24.3 Å². The molecule has 68 valence electrons. The van der Waals surface area contributed by atoms with E-state index >= 15 is 0 Å². The van der Waals surface area contributed by atoms with Crippen LogP contribution in [-0.4, -0.2) is 21.8 Å². The molecule has 0 saturated carbocycles. The molecule has 0 fully saturated rings. The lowest BCUT2D eigenvalue weighted by atomic mass is 10.6. The van der Waals surface area contributed by atoms with Crippen LogP contribution in [0.5, 0.6) is 0 Å². The standard InChI is InChI=1S/C8H18S3/c1-3-5-10-8(7-9)11-6-4-2/h8-9H,3-7H2,1-2H3. The summed E-state index contributed by atoms with van der Waals surface area (Å²) in [6, 6.07) is 0. The molecule has 0 atom stereocenters. The number of rotatable bonds is 7. The fraction of sp³-hybridized carbons (Fsp3) is 1.00. The van der Waals surface area contributed by atoms with E-state index in [2.05, 4.69) is 26.5 Å². The third kappa shape index (κ3) is 7.41. The summed E-state index contributed by atoms with van der Waals surface area (Å²) in [5.74, 6) is 3.57. The zero-order valence-electron chi connectivity index (χ0n) is 7.38. The Morgan fingerprint density at radius 3 is 1.82 bits per heavy atom. The van der Waals surface area contributed by atoms with Gasteiger partial charge in [0.15, 0.2) is 0 Å². The fourth-order valence-electron chi connectivity index (χ4n) is 0.652. The van der Waals surface area contributed by atoms with Crippen LogP contribution in [0.3, 0.4) is 0 Å². The van der Waals surface area contributed by atoms with Gasteiger partial charge in [0.1, 0.15) is 0 Å². The summed E-state index contributed by atoms with van der Waals surface area (Å²) >= 11 is 8.42. The summed E-state index contributed by atoms with van der Waals surface area (Å²) in [5.41, 5.74) is 0. The topological polar surface area (TPSA) is 0 Å². The average Bonchev–Trinajstić information content (AvgIpc) is 2.05. The van der Waals surface area contributed by atoms with Crippen molar-refractivity contribution >= 4 is 36.2 Å². The highest BCUT2D eigenvalue weighted by Gasteiger charge is 2.05. The van der Waals surface area contributed by atoms with Crippen molar-refractivity contribution < 1.29 is 0 Å². The number of thiol groups is 1. The third-order valence-electron chi connectivity index (χ3n) is 1.16. The van der Waals surface area contributed by atoms with Gasteiger partial charge in [-0.2, -0.15) is 12.6 Å². The van der Waals surface area contributed by atoms with Crippen molar-refractivity contribution in [1.82, 2.24) is 0 Å². The number of hydrogen-bond acceptors (Lipinski definition) is 3. The summed E-state index contributed by atoms with van der Waals surface area (Å²) < 4.78 is 0.721. The first-order valence-electron chi connectivity index (χ1n) is 4.19. The van der Waals surface area contributed by atoms with Crippen LogP contribution < -0.4 is 0 Å². The Morgan fingerprint density at radius 2 is 1.55 bits per heavy atom. The Hall–Kier alpha value is 1.05. The van der Waals surface area contributed by atoms with E-state index in [0.717, 1.165) is 10.3 Å². The van der Waals surface area contributed by atoms with Gasteiger partial charge in [-0.05, 0) is 24.3 Å². The molecule has 0 saturated heterocycles. The molecule has 0 heterocycles. The van der Waals surface area contributed by atoms with E-state index in [4.69, 9.17) is 0 Å². The third-order valence-corrected chi connectivity index (χ3v) is 5.21. The van der Waals surface area contributed by atoms with Gasteiger partial charge in [0.05, 0.1) is 4.58 Å². The van der Waals surface area contributed by atoms with Crippen molar-refractivity contribution in [3.63, 3.8) is 0 Å². The molecular weight excluding hydrogens is 192 g/mol. The smallest absolute Gasteiger partial charge is 0.0590 e. The van der Waals surface area contributed by atoms with Crippen LogP contribution in [0.2, 0.25) is 0 Å². The highest BCUT2D eigenvalue weighted by molar-refractivity contribution is 8.17. The molecule has 0 N–H and O–H groups in total. The quantitative estimate of drug-likeness (QED) is 0.504. The Balaban J connectivity index is 3.25. The molecule has 0 rings (SSSR count). The molecule has 11 heavy (non-hydrogen) atoms. The minimum absolute atomic E-state index is 0.721. The van der Waals surface area contributed by atoms with Gasteiger partial charge in [-0.1, -0.05) is 13.8 Å². The lowest BCUT2D eigenvalue weighted by Gasteiger charge is -2.11. The van der Waals surface area contributed by atoms with Crippen LogP contribution in [-0.2, 0) is 0 Å². The second-order valence-corrected chi connectivity index (χ2v) is 5.64. The first-order chi connectivity index (χ1) is 5.35.